The number of hydrogen-bond donors (Lipinski definition) is 3. The molecule has 8 nitrogen and oxygen atoms in total. The number of ketones is 1. The zero-order valence-electron chi connectivity index (χ0n) is 12.8. The minimum absolute atomic E-state index is 0.0835. The first-order valence-corrected chi connectivity index (χ1v) is 7.16. The molecule has 8 heteroatoms. The summed E-state index contributed by atoms with van der Waals surface area (Å²) in [4.78, 5) is 34.2. The quantitative estimate of drug-likeness (QED) is 0.641. The summed E-state index contributed by atoms with van der Waals surface area (Å²) in [6, 6.07) is 5.26. The molecular weight excluding hydrogens is 296 g/mol. The van der Waals surface area contributed by atoms with Gasteiger partial charge in [-0.25, -0.2) is 14.8 Å². The molecule has 3 rings (SSSR count). The van der Waals surface area contributed by atoms with E-state index in [4.69, 9.17) is 0 Å². The van der Waals surface area contributed by atoms with Crippen LogP contribution in [0.25, 0.3) is 16.7 Å². The molecule has 2 amide bonds. The van der Waals surface area contributed by atoms with Crippen LogP contribution in [0.2, 0.25) is 0 Å². The van der Waals surface area contributed by atoms with Gasteiger partial charge in [0.15, 0.2) is 5.78 Å². The summed E-state index contributed by atoms with van der Waals surface area (Å²) < 4.78 is 1.76. The van der Waals surface area contributed by atoms with Gasteiger partial charge in [0.05, 0.1) is 11.0 Å². The molecule has 1 aromatic carbocycles. The van der Waals surface area contributed by atoms with Gasteiger partial charge in [-0.05, 0) is 25.1 Å². The molecule has 0 saturated heterocycles. The molecule has 2 heterocycles. The van der Waals surface area contributed by atoms with Crippen LogP contribution in [-0.4, -0.2) is 37.9 Å². The Morgan fingerprint density at radius 3 is 2.87 bits per heavy atom. The fourth-order valence-corrected chi connectivity index (χ4v) is 2.18. The fraction of sp³-hybridized carbons (Fsp3) is 0.200. The van der Waals surface area contributed by atoms with E-state index >= 15 is 0 Å². The van der Waals surface area contributed by atoms with Gasteiger partial charge in [-0.15, -0.1) is 0 Å². The van der Waals surface area contributed by atoms with Crippen LogP contribution in [0.5, 0.6) is 0 Å². The maximum Gasteiger partial charge on any atom is 0.321 e. The van der Waals surface area contributed by atoms with Crippen LogP contribution >= 0.6 is 0 Å². The normalized spacial score (nSPS) is 10.7. The van der Waals surface area contributed by atoms with Gasteiger partial charge in [0.2, 0.25) is 5.95 Å². The number of H-pyrrole nitrogens is 1. The molecule has 0 unspecified atom stereocenters. The Kier molecular flexibility index (Phi) is 3.80. The molecule has 23 heavy (non-hydrogen) atoms. The molecule has 118 valence electrons. The highest BCUT2D eigenvalue weighted by molar-refractivity contribution is 5.92. The molecular formula is C15H16N6O2. The van der Waals surface area contributed by atoms with Crippen molar-refractivity contribution in [1.82, 2.24) is 24.8 Å². The van der Waals surface area contributed by atoms with E-state index in [0.717, 1.165) is 16.7 Å². The summed E-state index contributed by atoms with van der Waals surface area (Å²) in [5, 5.41) is 5.26. The molecule has 0 aliphatic carbocycles. The number of aromatic amines is 1. The van der Waals surface area contributed by atoms with Crippen molar-refractivity contribution in [1.29, 1.82) is 0 Å². The largest absolute Gasteiger partial charge is 0.338 e. The van der Waals surface area contributed by atoms with Crippen molar-refractivity contribution < 1.29 is 9.59 Å². The molecule has 0 atom stereocenters. The maximum atomic E-state index is 11.5. The number of nitrogens with one attached hydrogen (secondary N) is 3. The van der Waals surface area contributed by atoms with E-state index in [1.807, 2.05) is 25.1 Å². The third-order valence-corrected chi connectivity index (χ3v) is 3.28. The monoisotopic (exact) mass is 312 g/mol. The molecule has 3 aromatic rings. The lowest BCUT2D eigenvalue weighted by atomic mass is 10.2. The number of rotatable bonds is 4. The number of benzene rings is 1. The first-order chi connectivity index (χ1) is 11.1. The van der Waals surface area contributed by atoms with Crippen LogP contribution in [0, 0.1) is 0 Å². The van der Waals surface area contributed by atoms with Gasteiger partial charge >= 0.3 is 6.03 Å². The van der Waals surface area contributed by atoms with Crippen LogP contribution in [0.15, 0.2) is 30.7 Å². The van der Waals surface area contributed by atoms with Gasteiger partial charge in [-0.3, -0.25) is 10.1 Å². The Morgan fingerprint density at radius 2 is 2.17 bits per heavy atom. The molecule has 0 fully saturated rings. The van der Waals surface area contributed by atoms with E-state index < -0.39 is 0 Å². The molecule has 0 aliphatic heterocycles. The Bertz CT molecular complexity index is 879. The first-order valence-electron chi connectivity index (χ1n) is 7.16. The molecule has 0 radical (unpaired) electrons. The molecule has 2 aromatic heterocycles. The van der Waals surface area contributed by atoms with Gasteiger partial charge in [0.1, 0.15) is 12.0 Å². The SMILES string of the molecule is CCNC(=O)Nc1nc2ccc(-n3cnc(C(C)=O)c3)cc2[nH]1. The fourth-order valence-electron chi connectivity index (χ4n) is 2.18. The van der Waals surface area contributed by atoms with Gasteiger partial charge in [-0.1, -0.05) is 0 Å². The van der Waals surface area contributed by atoms with Gasteiger partial charge in [0.25, 0.3) is 0 Å². The summed E-state index contributed by atoms with van der Waals surface area (Å²) in [5.41, 5.74) is 2.75. The smallest absolute Gasteiger partial charge is 0.321 e. The Balaban J connectivity index is 1.89. The van der Waals surface area contributed by atoms with Crippen LogP contribution in [0.1, 0.15) is 24.3 Å². The summed E-state index contributed by atoms with van der Waals surface area (Å²) in [7, 11) is 0. The number of nitrogens with zero attached hydrogens (tertiary/aromatic N) is 3. The van der Waals surface area contributed by atoms with E-state index in [1.165, 1.54) is 6.92 Å². The van der Waals surface area contributed by atoms with Crippen molar-refractivity contribution in [2.24, 2.45) is 0 Å². The average molecular weight is 312 g/mol. The van der Waals surface area contributed by atoms with Crippen LogP contribution in [-0.2, 0) is 0 Å². The lowest BCUT2D eigenvalue weighted by molar-refractivity contribution is 0.101. The zero-order valence-corrected chi connectivity index (χ0v) is 12.8. The number of fused-ring (bicyclic) bond motifs is 1. The summed E-state index contributed by atoms with van der Waals surface area (Å²) in [6.07, 6.45) is 3.26. The molecule has 0 bridgehead atoms. The van der Waals surface area contributed by atoms with Crippen LogP contribution in [0.4, 0.5) is 10.7 Å². The molecule has 0 saturated carbocycles. The number of urea groups is 1. The van der Waals surface area contributed by atoms with Gasteiger partial charge in [-0.2, -0.15) is 0 Å². The van der Waals surface area contributed by atoms with Gasteiger partial charge in [0, 0.05) is 25.4 Å². The highest BCUT2D eigenvalue weighted by Crippen LogP contribution is 2.19. The summed E-state index contributed by atoms with van der Waals surface area (Å²) in [5.74, 6) is 0.290. The van der Waals surface area contributed by atoms with Crippen molar-refractivity contribution in [2.75, 3.05) is 11.9 Å². The van der Waals surface area contributed by atoms with Crippen LogP contribution in [0.3, 0.4) is 0 Å². The van der Waals surface area contributed by atoms with E-state index in [1.54, 1.807) is 17.1 Å². The van der Waals surface area contributed by atoms with Crippen LogP contribution < -0.4 is 10.6 Å². The number of Topliss-reactive ketones (excluding diaryl/α,β-unsaturated/α-hetero) is 1. The Labute approximate surface area is 131 Å². The van der Waals surface area contributed by atoms with E-state index in [9.17, 15) is 9.59 Å². The number of aromatic nitrogens is 4. The first kappa shape index (κ1) is 14.8. The topological polar surface area (TPSA) is 105 Å². The number of imidazole rings is 2. The summed E-state index contributed by atoms with van der Waals surface area (Å²) in [6.45, 7) is 3.85. The molecule has 3 N–H and O–H groups in total. The van der Waals surface area contributed by atoms with Crippen molar-refractivity contribution >= 4 is 28.8 Å². The Morgan fingerprint density at radius 1 is 1.35 bits per heavy atom. The second-order valence-electron chi connectivity index (χ2n) is 4.99. The second-order valence-corrected chi connectivity index (χ2v) is 4.99. The third-order valence-electron chi connectivity index (χ3n) is 3.28. The van der Waals surface area contributed by atoms with E-state index in [-0.39, 0.29) is 11.8 Å². The third kappa shape index (κ3) is 3.05. The van der Waals surface area contributed by atoms with Crippen molar-refractivity contribution in [3.05, 3.63) is 36.4 Å². The highest BCUT2D eigenvalue weighted by atomic mass is 16.2. The highest BCUT2D eigenvalue weighted by Gasteiger charge is 2.09. The minimum atomic E-state index is -0.313. The predicted octanol–water partition coefficient (Wildman–Crippen LogP) is 2.09. The Hall–Kier alpha value is -3.16. The minimum Gasteiger partial charge on any atom is -0.338 e. The average Bonchev–Trinajstić information content (AvgIpc) is 3.12. The lowest BCUT2D eigenvalue weighted by Gasteiger charge is -2.01. The summed E-state index contributed by atoms with van der Waals surface area (Å²) >= 11 is 0. The predicted molar refractivity (Wildman–Crippen MR) is 85.9 cm³/mol. The van der Waals surface area contributed by atoms with E-state index in [0.29, 0.717) is 18.2 Å². The number of carbonyl (C=O) groups is 2. The van der Waals surface area contributed by atoms with Gasteiger partial charge < -0.3 is 14.9 Å². The molecule has 0 spiro atoms. The number of amides is 2. The molecule has 0 aliphatic rings. The van der Waals surface area contributed by atoms with E-state index in [2.05, 4.69) is 25.6 Å². The van der Waals surface area contributed by atoms with Crippen molar-refractivity contribution in [3.63, 3.8) is 0 Å². The van der Waals surface area contributed by atoms with Crippen molar-refractivity contribution in [2.45, 2.75) is 13.8 Å². The zero-order chi connectivity index (χ0) is 16.4. The number of anilines is 1. The van der Waals surface area contributed by atoms with Crippen molar-refractivity contribution in [3.8, 4) is 5.69 Å². The number of carbonyl (C=O) groups excluding carboxylic acids is 2. The number of hydrogen-bond acceptors (Lipinski definition) is 4. The maximum absolute atomic E-state index is 11.5. The lowest BCUT2D eigenvalue weighted by Crippen LogP contribution is -2.28. The second kappa shape index (κ2) is 5.91. The standard InChI is InChI=1S/C15H16N6O2/c1-3-16-15(23)20-14-18-11-5-4-10(6-12(11)19-14)21-7-13(9(2)22)17-8-21/h4-8H,3H2,1-2H3,(H3,16,18,19,20,23).